The predicted molar refractivity (Wildman–Crippen MR) is 76.1 cm³/mol. The van der Waals surface area contributed by atoms with E-state index in [4.69, 9.17) is 4.74 Å². The molecule has 0 aromatic heterocycles. The number of carbonyl (C=O) groups excluding carboxylic acids is 1. The van der Waals surface area contributed by atoms with Gasteiger partial charge in [0.2, 0.25) is 5.78 Å². The van der Waals surface area contributed by atoms with E-state index in [0.29, 0.717) is 18.1 Å². The minimum atomic E-state index is -0.298. The molecular weight excluding hydrogens is 254 g/mol. The van der Waals surface area contributed by atoms with E-state index >= 15 is 0 Å². The van der Waals surface area contributed by atoms with Crippen molar-refractivity contribution in [2.75, 3.05) is 19.6 Å². The first-order valence-corrected chi connectivity index (χ1v) is 8.00. The first kappa shape index (κ1) is 14.1. The molecule has 4 atom stereocenters. The summed E-state index contributed by atoms with van der Waals surface area (Å²) in [4.78, 5) is 14.8. The number of fused-ring (bicyclic) bond motifs is 1. The summed E-state index contributed by atoms with van der Waals surface area (Å²) in [6, 6.07) is 0. The van der Waals surface area contributed by atoms with Crippen LogP contribution < -0.4 is 0 Å². The first-order chi connectivity index (χ1) is 9.67. The van der Waals surface area contributed by atoms with Gasteiger partial charge in [0.1, 0.15) is 6.10 Å². The van der Waals surface area contributed by atoms with E-state index < -0.39 is 0 Å². The Hall–Kier alpha value is -0.870. The number of ether oxygens (including phenoxy) is 1. The molecule has 4 heteroatoms. The van der Waals surface area contributed by atoms with Gasteiger partial charge in [0.15, 0.2) is 5.76 Å². The summed E-state index contributed by atoms with van der Waals surface area (Å²) in [7, 11) is 0. The van der Waals surface area contributed by atoms with Crippen molar-refractivity contribution >= 4 is 5.78 Å². The van der Waals surface area contributed by atoms with Crippen molar-refractivity contribution in [1.29, 1.82) is 0 Å². The zero-order chi connectivity index (χ0) is 14.1. The molecule has 3 rings (SSSR count). The third-order valence-corrected chi connectivity index (χ3v) is 5.00. The lowest BCUT2D eigenvalue weighted by Crippen LogP contribution is -2.34. The van der Waals surface area contributed by atoms with Gasteiger partial charge < -0.3 is 14.7 Å². The maximum atomic E-state index is 12.4. The molecule has 3 fully saturated rings. The van der Waals surface area contributed by atoms with Gasteiger partial charge in [0, 0.05) is 13.0 Å². The molecule has 2 heterocycles. The van der Waals surface area contributed by atoms with Crippen LogP contribution in [0.4, 0.5) is 0 Å². The minimum absolute atomic E-state index is 0.00415. The number of carbonyl (C=O) groups is 1. The summed E-state index contributed by atoms with van der Waals surface area (Å²) in [6.07, 6.45) is 6.15. The Balaban J connectivity index is 1.68. The van der Waals surface area contributed by atoms with Gasteiger partial charge in [-0.25, -0.2) is 0 Å². The maximum absolute atomic E-state index is 12.4. The first-order valence-electron chi connectivity index (χ1n) is 8.00. The number of nitrogens with zero attached hydrogens (tertiary/aromatic N) is 1. The van der Waals surface area contributed by atoms with Gasteiger partial charge in [-0.1, -0.05) is 6.92 Å². The molecule has 20 heavy (non-hydrogen) atoms. The van der Waals surface area contributed by atoms with E-state index in [9.17, 15) is 9.90 Å². The average molecular weight is 279 g/mol. The van der Waals surface area contributed by atoms with Crippen molar-refractivity contribution in [3.05, 3.63) is 11.8 Å². The van der Waals surface area contributed by atoms with E-state index in [1.807, 2.05) is 0 Å². The zero-order valence-electron chi connectivity index (χ0n) is 12.3. The molecule has 0 aromatic rings. The molecule has 112 valence electrons. The van der Waals surface area contributed by atoms with Gasteiger partial charge in [-0.2, -0.15) is 0 Å². The Kier molecular flexibility index (Phi) is 4.13. The molecule has 0 radical (unpaired) electrons. The molecule has 4 unspecified atom stereocenters. The number of allylic oxidation sites excluding steroid dienone is 1. The number of hydrogen-bond acceptors (Lipinski definition) is 4. The summed E-state index contributed by atoms with van der Waals surface area (Å²) < 4.78 is 5.85. The van der Waals surface area contributed by atoms with E-state index in [0.717, 1.165) is 32.4 Å². The van der Waals surface area contributed by atoms with Crippen molar-refractivity contribution in [2.45, 2.75) is 51.2 Å². The quantitative estimate of drug-likeness (QED) is 0.782. The van der Waals surface area contributed by atoms with Gasteiger partial charge in [-0.15, -0.1) is 0 Å². The highest BCUT2D eigenvalue weighted by Crippen LogP contribution is 2.37. The van der Waals surface area contributed by atoms with Crippen LogP contribution in [0.1, 0.15) is 39.0 Å². The Morgan fingerprint density at radius 3 is 3.05 bits per heavy atom. The lowest BCUT2D eigenvalue weighted by atomic mass is 9.83. The second-order valence-electron chi connectivity index (χ2n) is 6.42. The molecular formula is C16H25NO3. The molecule has 1 N–H and O–H groups in total. The highest BCUT2D eigenvalue weighted by Gasteiger charge is 2.44. The smallest absolute Gasteiger partial charge is 0.203 e. The van der Waals surface area contributed by atoms with E-state index in [1.54, 1.807) is 0 Å². The van der Waals surface area contributed by atoms with Crippen LogP contribution in [0.5, 0.6) is 0 Å². The monoisotopic (exact) mass is 279 g/mol. The predicted octanol–water partition coefficient (Wildman–Crippen LogP) is 1.73. The largest absolute Gasteiger partial charge is 0.486 e. The summed E-state index contributed by atoms with van der Waals surface area (Å²) in [5, 5.41) is 9.70. The number of aliphatic hydroxyl groups excluding tert-OH is 1. The average Bonchev–Trinajstić information content (AvgIpc) is 2.75. The molecule has 1 aliphatic carbocycles. The van der Waals surface area contributed by atoms with Crippen LogP contribution in [0.25, 0.3) is 0 Å². The Morgan fingerprint density at radius 2 is 2.25 bits per heavy atom. The summed E-state index contributed by atoms with van der Waals surface area (Å²) in [5.41, 5.74) is 0. The lowest BCUT2D eigenvalue weighted by molar-refractivity contribution is -0.119. The molecule has 4 nitrogen and oxygen atoms in total. The topological polar surface area (TPSA) is 49.8 Å². The molecule has 3 aliphatic rings. The SMILES string of the molecule is CCN1CCCC(C=C2OC3CC(O)CCC3C2=O)C1. The fourth-order valence-electron chi connectivity index (χ4n) is 3.79. The number of hydrogen-bond donors (Lipinski definition) is 1. The van der Waals surface area contributed by atoms with Gasteiger partial charge in [0.25, 0.3) is 0 Å². The highest BCUT2D eigenvalue weighted by molar-refractivity contribution is 5.97. The number of piperidine rings is 1. The van der Waals surface area contributed by atoms with Gasteiger partial charge >= 0.3 is 0 Å². The molecule has 0 spiro atoms. The second-order valence-corrected chi connectivity index (χ2v) is 6.42. The Labute approximate surface area is 120 Å². The number of rotatable bonds is 2. The van der Waals surface area contributed by atoms with Gasteiger partial charge in [0.05, 0.1) is 12.0 Å². The molecule has 1 saturated carbocycles. The standard InChI is InChI=1S/C16H25NO3/c1-2-17-7-3-4-11(10-17)8-15-16(19)13-6-5-12(18)9-14(13)20-15/h8,11-14,18H,2-7,9-10H2,1H3. The molecule has 0 aromatic carbocycles. The number of ketones is 1. The van der Waals surface area contributed by atoms with E-state index in [-0.39, 0.29) is 23.9 Å². The third-order valence-electron chi connectivity index (χ3n) is 5.00. The van der Waals surface area contributed by atoms with Crippen LogP contribution in [0.2, 0.25) is 0 Å². The number of likely N-dealkylation sites (tertiary alicyclic amines) is 1. The number of Topliss-reactive ketones (excluding diaryl/α,β-unsaturated/α-hetero) is 1. The van der Waals surface area contributed by atoms with Crippen molar-refractivity contribution in [2.24, 2.45) is 11.8 Å². The molecule has 2 aliphatic heterocycles. The van der Waals surface area contributed by atoms with E-state index in [2.05, 4.69) is 17.9 Å². The fraction of sp³-hybridized carbons (Fsp3) is 0.812. The van der Waals surface area contributed by atoms with Crippen LogP contribution in [0, 0.1) is 11.8 Å². The van der Waals surface area contributed by atoms with Crippen molar-refractivity contribution < 1.29 is 14.6 Å². The molecule has 0 bridgehead atoms. The van der Waals surface area contributed by atoms with E-state index in [1.165, 1.54) is 13.0 Å². The normalized spacial score (nSPS) is 40.7. The van der Waals surface area contributed by atoms with Crippen LogP contribution in [0.3, 0.4) is 0 Å². The van der Waals surface area contributed by atoms with Crippen molar-refractivity contribution in [3.8, 4) is 0 Å². The summed E-state index contributed by atoms with van der Waals surface area (Å²) >= 11 is 0. The summed E-state index contributed by atoms with van der Waals surface area (Å²) in [5.74, 6) is 1.19. The number of aliphatic hydroxyl groups is 1. The highest BCUT2D eigenvalue weighted by atomic mass is 16.5. The van der Waals surface area contributed by atoms with Gasteiger partial charge in [-0.3, -0.25) is 4.79 Å². The van der Waals surface area contributed by atoms with Crippen LogP contribution in [-0.2, 0) is 9.53 Å². The summed E-state index contributed by atoms with van der Waals surface area (Å²) in [6.45, 7) is 5.46. The van der Waals surface area contributed by atoms with Crippen LogP contribution >= 0.6 is 0 Å². The fourth-order valence-corrected chi connectivity index (χ4v) is 3.79. The molecule has 2 saturated heterocycles. The third kappa shape index (κ3) is 2.77. The molecule has 0 amide bonds. The van der Waals surface area contributed by atoms with Crippen molar-refractivity contribution in [3.63, 3.8) is 0 Å². The maximum Gasteiger partial charge on any atom is 0.203 e. The minimum Gasteiger partial charge on any atom is -0.486 e. The van der Waals surface area contributed by atoms with Crippen molar-refractivity contribution in [1.82, 2.24) is 4.90 Å². The van der Waals surface area contributed by atoms with Gasteiger partial charge in [-0.05, 0) is 50.8 Å². The Bertz CT molecular complexity index is 407. The van der Waals surface area contributed by atoms with Crippen LogP contribution in [0.15, 0.2) is 11.8 Å². The zero-order valence-corrected chi connectivity index (χ0v) is 12.3. The lowest BCUT2D eigenvalue weighted by Gasteiger charge is -2.30. The second kappa shape index (κ2) is 5.86. The Morgan fingerprint density at radius 1 is 1.40 bits per heavy atom. The van der Waals surface area contributed by atoms with Crippen LogP contribution in [-0.4, -0.2) is 47.6 Å².